The minimum Gasteiger partial charge on any atom is -0.464 e. The van der Waals surface area contributed by atoms with Crippen LogP contribution < -0.4 is 11.1 Å². The van der Waals surface area contributed by atoms with Crippen LogP contribution >= 0.6 is 11.3 Å². The normalized spacial score (nSPS) is 12.2. The molecule has 3 N–H and O–H groups in total. The average Bonchev–Trinajstić information content (AvgIpc) is 3.70. The average molecular weight is 634 g/mol. The lowest BCUT2D eigenvalue weighted by molar-refractivity contribution is -0.143. The molecule has 0 fully saturated rings. The van der Waals surface area contributed by atoms with Crippen molar-refractivity contribution in [2.45, 2.75) is 12.4 Å². The number of thiophene rings is 1. The molecule has 9 nitrogen and oxygen atoms in total. The summed E-state index contributed by atoms with van der Waals surface area (Å²) in [5, 5.41) is 5.96. The van der Waals surface area contributed by atoms with Gasteiger partial charge in [0.1, 0.15) is 27.0 Å². The monoisotopic (exact) mass is 634 g/mol. The third-order valence-electron chi connectivity index (χ3n) is 6.29. The van der Waals surface area contributed by atoms with E-state index >= 15 is 0 Å². The maximum absolute atomic E-state index is 14.0. The first-order chi connectivity index (χ1) is 20.7. The molecule has 224 valence electrons. The van der Waals surface area contributed by atoms with Gasteiger partial charge in [0.2, 0.25) is 0 Å². The van der Waals surface area contributed by atoms with Crippen molar-refractivity contribution in [3.63, 3.8) is 0 Å². The SMILES string of the molecule is NC(=O)c1sc2nc(C(F)(F)F)cc(-c3ccco3)c2c1NC(=O)c1cc2nc(-c3ccc(F)cc3)cc(C(F)(F)F)n2n1. The summed E-state index contributed by atoms with van der Waals surface area (Å²) in [6.07, 6.45) is -8.66. The molecule has 5 heterocycles. The molecule has 0 saturated heterocycles. The molecule has 6 aromatic rings. The molecule has 6 rings (SSSR count). The molecule has 5 aromatic heterocycles. The number of fused-ring (bicyclic) bond motifs is 2. The standard InChI is InChI=1S/C27H13F7N6O3S/c28-12-5-3-11(4-6-12)14-9-18(27(32,33)34)40-19(36-14)10-15(39-40)24(42)38-21-20-13(16-2-1-7-43-16)8-17(26(29,30)31)37-25(20)44-22(21)23(35)41/h1-10H,(H2,35,41)(H,38,42). The van der Waals surface area contributed by atoms with E-state index in [9.17, 15) is 40.3 Å². The second-order valence-corrected chi connectivity index (χ2v) is 10.2. The Balaban J connectivity index is 1.49. The van der Waals surface area contributed by atoms with E-state index in [-0.39, 0.29) is 43.4 Å². The number of anilines is 1. The molecule has 1 aromatic carbocycles. The van der Waals surface area contributed by atoms with Crippen LogP contribution in [0.2, 0.25) is 0 Å². The van der Waals surface area contributed by atoms with E-state index in [1.54, 1.807) is 0 Å². The van der Waals surface area contributed by atoms with Crippen molar-refractivity contribution < 1.29 is 44.7 Å². The van der Waals surface area contributed by atoms with Gasteiger partial charge < -0.3 is 15.5 Å². The number of amides is 2. The number of nitrogens with zero attached hydrogens (tertiary/aromatic N) is 4. The zero-order valence-electron chi connectivity index (χ0n) is 21.4. The third kappa shape index (κ3) is 5.10. The lowest BCUT2D eigenvalue weighted by atomic mass is 10.1. The highest BCUT2D eigenvalue weighted by Crippen LogP contribution is 2.44. The van der Waals surface area contributed by atoms with Crippen LogP contribution in [0.5, 0.6) is 0 Å². The summed E-state index contributed by atoms with van der Waals surface area (Å²) < 4.78 is 102. The van der Waals surface area contributed by atoms with Gasteiger partial charge >= 0.3 is 12.4 Å². The molecule has 0 radical (unpaired) electrons. The predicted octanol–water partition coefficient (Wildman–Crippen LogP) is 6.79. The van der Waals surface area contributed by atoms with Gasteiger partial charge in [0, 0.05) is 22.6 Å². The Labute approximate surface area is 243 Å². The Morgan fingerprint density at radius 1 is 0.955 bits per heavy atom. The molecule has 0 aliphatic rings. The fourth-order valence-electron chi connectivity index (χ4n) is 4.40. The smallest absolute Gasteiger partial charge is 0.433 e. The molecule has 0 spiro atoms. The van der Waals surface area contributed by atoms with Gasteiger partial charge in [-0.05, 0) is 48.5 Å². The quantitative estimate of drug-likeness (QED) is 0.201. The number of aromatic nitrogens is 4. The van der Waals surface area contributed by atoms with Gasteiger partial charge in [-0.3, -0.25) is 9.59 Å². The Hall–Kier alpha value is -5.32. The largest absolute Gasteiger partial charge is 0.464 e. The molecule has 0 aliphatic heterocycles. The van der Waals surface area contributed by atoms with E-state index in [1.165, 1.54) is 30.5 Å². The number of furan rings is 1. The summed E-state index contributed by atoms with van der Waals surface area (Å²) in [5.41, 5.74) is 1.29. The van der Waals surface area contributed by atoms with Crippen molar-refractivity contribution >= 4 is 44.7 Å². The van der Waals surface area contributed by atoms with Crippen LogP contribution in [-0.4, -0.2) is 31.4 Å². The van der Waals surface area contributed by atoms with Crippen LogP contribution in [0.25, 0.3) is 38.4 Å². The van der Waals surface area contributed by atoms with E-state index in [4.69, 9.17) is 10.2 Å². The topological polar surface area (TPSA) is 128 Å². The number of primary amides is 1. The number of carbonyl (C=O) groups excluding carboxylic acids is 2. The Morgan fingerprint density at radius 3 is 2.30 bits per heavy atom. The minimum atomic E-state index is -4.96. The summed E-state index contributed by atoms with van der Waals surface area (Å²) in [4.78, 5) is 32.7. The number of nitrogens with two attached hydrogens (primary N) is 1. The van der Waals surface area contributed by atoms with Crippen LogP contribution in [0.1, 0.15) is 31.5 Å². The number of halogens is 7. The first-order valence-corrected chi connectivity index (χ1v) is 13.0. The predicted molar refractivity (Wildman–Crippen MR) is 142 cm³/mol. The number of pyridine rings is 1. The van der Waals surface area contributed by atoms with Crippen molar-refractivity contribution in [1.29, 1.82) is 0 Å². The summed E-state index contributed by atoms with van der Waals surface area (Å²) in [6, 6.07) is 9.53. The molecule has 0 bridgehead atoms. The number of nitrogens with one attached hydrogen (secondary N) is 1. The van der Waals surface area contributed by atoms with Gasteiger partial charge in [-0.15, -0.1) is 11.3 Å². The maximum Gasteiger partial charge on any atom is 0.433 e. The summed E-state index contributed by atoms with van der Waals surface area (Å²) in [6.45, 7) is 0. The number of rotatable bonds is 5. The van der Waals surface area contributed by atoms with Crippen LogP contribution in [0.4, 0.5) is 36.4 Å². The highest BCUT2D eigenvalue weighted by atomic mass is 32.1. The van der Waals surface area contributed by atoms with Gasteiger partial charge in [-0.1, -0.05) is 0 Å². The molecular formula is C27H13F7N6O3S. The van der Waals surface area contributed by atoms with E-state index in [1.807, 2.05) is 0 Å². The first kappa shape index (κ1) is 28.8. The Kier molecular flexibility index (Phi) is 6.64. The van der Waals surface area contributed by atoms with Crippen LogP contribution in [0.15, 0.2) is 65.3 Å². The fourth-order valence-corrected chi connectivity index (χ4v) is 5.40. The number of benzene rings is 1. The molecule has 0 unspecified atom stereocenters. The fraction of sp³-hybridized carbons (Fsp3) is 0.0741. The van der Waals surface area contributed by atoms with E-state index in [0.717, 1.165) is 18.2 Å². The number of hydrogen-bond donors (Lipinski definition) is 2. The molecule has 17 heteroatoms. The Morgan fingerprint density at radius 2 is 1.68 bits per heavy atom. The summed E-state index contributed by atoms with van der Waals surface area (Å²) >= 11 is 0.467. The molecule has 0 saturated carbocycles. The third-order valence-corrected chi connectivity index (χ3v) is 7.39. The van der Waals surface area contributed by atoms with Crippen LogP contribution in [-0.2, 0) is 12.4 Å². The van der Waals surface area contributed by atoms with E-state index in [0.29, 0.717) is 28.0 Å². The van der Waals surface area contributed by atoms with Crippen molar-refractivity contribution in [3.8, 4) is 22.6 Å². The molecule has 0 atom stereocenters. The van der Waals surface area contributed by atoms with Gasteiger partial charge in [-0.25, -0.2) is 18.9 Å². The number of hydrogen-bond acceptors (Lipinski definition) is 7. The summed E-state index contributed by atoms with van der Waals surface area (Å²) in [5.74, 6) is -2.94. The molecular weight excluding hydrogens is 621 g/mol. The highest BCUT2D eigenvalue weighted by Gasteiger charge is 2.37. The second-order valence-electron chi connectivity index (χ2n) is 9.17. The van der Waals surface area contributed by atoms with Crippen LogP contribution in [0, 0.1) is 5.82 Å². The number of alkyl halides is 6. The minimum absolute atomic E-state index is 0.0627. The van der Waals surface area contributed by atoms with E-state index in [2.05, 4.69) is 20.4 Å². The van der Waals surface area contributed by atoms with Crippen molar-refractivity contribution in [2.75, 3.05) is 5.32 Å². The van der Waals surface area contributed by atoms with Gasteiger partial charge in [-0.2, -0.15) is 31.4 Å². The zero-order valence-corrected chi connectivity index (χ0v) is 22.2. The van der Waals surface area contributed by atoms with Crippen molar-refractivity contribution in [2.24, 2.45) is 5.73 Å². The summed E-state index contributed by atoms with van der Waals surface area (Å²) in [7, 11) is 0. The lowest BCUT2D eigenvalue weighted by Gasteiger charge is -2.11. The van der Waals surface area contributed by atoms with Gasteiger partial charge in [0.05, 0.1) is 17.6 Å². The van der Waals surface area contributed by atoms with E-state index < -0.39 is 52.7 Å². The molecule has 2 amide bonds. The molecule has 0 aliphatic carbocycles. The van der Waals surface area contributed by atoms with Crippen molar-refractivity contribution in [1.82, 2.24) is 19.6 Å². The number of carbonyl (C=O) groups is 2. The highest BCUT2D eigenvalue weighted by molar-refractivity contribution is 7.21. The van der Waals surface area contributed by atoms with Gasteiger partial charge in [0.25, 0.3) is 11.8 Å². The zero-order chi connectivity index (χ0) is 31.6. The maximum atomic E-state index is 14.0. The Bertz CT molecular complexity index is 2080. The first-order valence-electron chi connectivity index (χ1n) is 12.1. The van der Waals surface area contributed by atoms with Gasteiger partial charge in [0.15, 0.2) is 17.0 Å². The van der Waals surface area contributed by atoms with Crippen LogP contribution in [0.3, 0.4) is 0 Å². The lowest BCUT2D eigenvalue weighted by Crippen LogP contribution is -2.18. The second kappa shape index (κ2) is 10.1. The molecule has 44 heavy (non-hydrogen) atoms. The van der Waals surface area contributed by atoms with Crippen molar-refractivity contribution in [3.05, 3.63) is 88.6 Å².